The first-order chi connectivity index (χ1) is 13.2. The minimum absolute atomic E-state index is 0.0233. The summed E-state index contributed by atoms with van der Waals surface area (Å²) < 4.78 is 2.04. The third kappa shape index (κ3) is 4.22. The maximum Gasteiger partial charge on any atom is 0.234 e. The summed E-state index contributed by atoms with van der Waals surface area (Å²) in [7, 11) is 0. The lowest BCUT2D eigenvalue weighted by atomic mass is 10.1. The third-order valence-electron chi connectivity index (χ3n) is 4.80. The van der Waals surface area contributed by atoms with Gasteiger partial charge >= 0.3 is 0 Å². The fourth-order valence-electron chi connectivity index (χ4n) is 3.39. The standard InChI is InChI=1S/C21H22N4OS/c1-15-23-24-21(25(15)13-16-6-3-2-4-7-16)27-14-20(26)22-19-11-10-17-8-5-9-18(17)12-19/h2-4,6-7,10-12H,5,8-9,13-14H2,1H3,(H,22,26). The van der Waals surface area contributed by atoms with Crippen molar-refractivity contribution < 1.29 is 4.79 Å². The average molecular weight is 379 g/mol. The molecule has 1 N–H and O–H groups in total. The van der Waals surface area contributed by atoms with E-state index in [0.29, 0.717) is 12.3 Å². The number of amides is 1. The Hall–Kier alpha value is -2.60. The van der Waals surface area contributed by atoms with Gasteiger partial charge in [0.05, 0.1) is 12.3 Å². The van der Waals surface area contributed by atoms with Crippen molar-refractivity contribution in [1.82, 2.24) is 14.8 Å². The highest BCUT2D eigenvalue weighted by Crippen LogP contribution is 2.25. The predicted molar refractivity (Wildman–Crippen MR) is 108 cm³/mol. The minimum atomic E-state index is -0.0233. The third-order valence-corrected chi connectivity index (χ3v) is 5.77. The van der Waals surface area contributed by atoms with Crippen LogP contribution in [0, 0.1) is 6.92 Å². The van der Waals surface area contributed by atoms with E-state index in [-0.39, 0.29) is 5.91 Å². The molecule has 0 bridgehead atoms. The van der Waals surface area contributed by atoms with Crippen LogP contribution < -0.4 is 5.32 Å². The van der Waals surface area contributed by atoms with Crippen LogP contribution in [0.3, 0.4) is 0 Å². The molecule has 5 nitrogen and oxygen atoms in total. The summed E-state index contributed by atoms with van der Waals surface area (Å²) in [5.41, 5.74) is 4.83. The SMILES string of the molecule is Cc1nnc(SCC(=O)Nc2ccc3c(c2)CCC3)n1Cc1ccccc1. The number of fused-ring (bicyclic) bond motifs is 1. The lowest BCUT2D eigenvalue weighted by molar-refractivity contribution is -0.113. The van der Waals surface area contributed by atoms with Crippen molar-refractivity contribution in [2.75, 3.05) is 11.1 Å². The predicted octanol–water partition coefficient (Wildman–Crippen LogP) is 3.85. The number of rotatable bonds is 6. The largest absolute Gasteiger partial charge is 0.325 e. The van der Waals surface area contributed by atoms with Crippen LogP contribution in [0.2, 0.25) is 0 Å². The summed E-state index contributed by atoms with van der Waals surface area (Å²) in [6, 6.07) is 16.4. The van der Waals surface area contributed by atoms with Gasteiger partial charge < -0.3 is 9.88 Å². The number of hydrogen-bond acceptors (Lipinski definition) is 4. The van der Waals surface area contributed by atoms with Crippen LogP contribution >= 0.6 is 11.8 Å². The molecule has 138 valence electrons. The van der Waals surface area contributed by atoms with E-state index in [2.05, 4.69) is 39.8 Å². The molecular weight excluding hydrogens is 356 g/mol. The van der Waals surface area contributed by atoms with E-state index in [1.165, 1.54) is 34.9 Å². The Morgan fingerprint density at radius 3 is 2.78 bits per heavy atom. The Kier molecular flexibility index (Phi) is 5.25. The Labute approximate surface area is 163 Å². The van der Waals surface area contributed by atoms with Gasteiger partial charge in [0.1, 0.15) is 5.82 Å². The summed E-state index contributed by atoms with van der Waals surface area (Å²) in [6.45, 7) is 2.64. The van der Waals surface area contributed by atoms with Gasteiger partial charge in [0.25, 0.3) is 0 Å². The molecule has 1 amide bonds. The second-order valence-electron chi connectivity index (χ2n) is 6.78. The Balaban J connectivity index is 1.38. The Morgan fingerprint density at radius 1 is 1.11 bits per heavy atom. The second kappa shape index (κ2) is 7.96. The maximum absolute atomic E-state index is 12.4. The number of thioether (sulfide) groups is 1. The number of aryl methyl sites for hydroxylation is 3. The van der Waals surface area contributed by atoms with Gasteiger partial charge in [-0.3, -0.25) is 4.79 Å². The Bertz CT molecular complexity index is 952. The molecular formula is C21H22N4OS. The summed E-state index contributed by atoms with van der Waals surface area (Å²) in [4.78, 5) is 12.4. The molecule has 0 fully saturated rings. The molecule has 1 aliphatic rings. The normalized spacial score (nSPS) is 12.8. The fourth-order valence-corrected chi connectivity index (χ4v) is 4.18. The molecule has 27 heavy (non-hydrogen) atoms. The molecule has 0 radical (unpaired) electrons. The number of carbonyl (C=O) groups excluding carboxylic acids is 1. The zero-order valence-corrected chi connectivity index (χ0v) is 16.1. The van der Waals surface area contributed by atoms with Crippen molar-refractivity contribution in [1.29, 1.82) is 0 Å². The molecule has 6 heteroatoms. The lowest BCUT2D eigenvalue weighted by Crippen LogP contribution is -2.15. The highest BCUT2D eigenvalue weighted by molar-refractivity contribution is 7.99. The zero-order valence-electron chi connectivity index (χ0n) is 15.3. The molecule has 1 aromatic heterocycles. The first-order valence-corrected chi connectivity index (χ1v) is 10.2. The summed E-state index contributed by atoms with van der Waals surface area (Å²) in [5, 5.41) is 12.2. The number of aromatic nitrogens is 3. The van der Waals surface area contributed by atoms with Gasteiger partial charge in [-0.1, -0.05) is 48.2 Å². The van der Waals surface area contributed by atoms with E-state index < -0.39 is 0 Å². The summed E-state index contributed by atoms with van der Waals surface area (Å²) in [6.07, 6.45) is 3.46. The van der Waals surface area contributed by atoms with Crippen LogP contribution in [0.1, 0.15) is 28.9 Å². The highest BCUT2D eigenvalue weighted by Gasteiger charge is 2.14. The van der Waals surface area contributed by atoms with Gasteiger partial charge in [0, 0.05) is 5.69 Å². The van der Waals surface area contributed by atoms with E-state index in [4.69, 9.17) is 0 Å². The van der Waals surface area contributed by atoms with Crippen LogP contribution in [0.25, 0.3) is 0 Å². The molecule has 0 saturated heterocycles. The van der Waals surface area contributed by atoms with Crippen LogP contribution in [-0.4, -0.2) is 26.4 Å². The average Bonchev–Trinajstić information content (AvgIpc) is 3.28. The fraction of sp³-hybridized carbons (Fsp3) is 0.286. The molecule has 3 aromatic rings. The van der Waals surface area contributed by atoms with Crippen molar-refractivity contribution in [3.05, 3.63) is 71.0 Å². The first kappa shape index (κ1) is 17.8. The highest BCUT2D eigenvalue weighted by atomic mass is 32.2. The van der Waals surface area contributed by atoms with Gasteiger partial charge in [-0.05, 0) is 55.0 Å². The van der Waals surface area contributed by atoms with Gasteiger partial charge in [-0.25, -0.2) is 0 Å². The minimum Gasteiger partial charge on any atom is -0.325 e. The number of benzene rings is 2. The molecule has 2 aromatic carbocycles. The van der Waals surface area contributed by atoms with Gasteiger partial charge in [0.2, 0.25) is 5.91 Å². The van der Waals surface area contributed by atoms with Crippen molar-refractivity contribution in [2.24, 2.45) is 0 Å². The van der Waals surface area contributed by atoms with Crippen molar-refractivity contribution in [2.45, 2.75) is 37.9 Å². The molecule has 0 aliphatic heterocycles. The van der Waals surface area contributed by atoms with Crippen molar-refractivity contribution >= 4 is 23.4 Å². The van der Waals surface area contributed by atoms with Gasteiger partial charge in [-0.15, -0.1) is 10.2 Å². The molecule has 0 spiro atoms. The molecule has 1 aliphatic carbocycles. The maximum atomic E-state index is 12.4. The Morgan fingerprint density at radius 2 is 1.93 bits per heavy atom. The molecule has 0 saturated carbocycles. The van der Waals surface area contributed by atoms with Crippen LogP contribution in [-0.2, 0) is 24.2 Å². The van der Waals surface area contributed by atoms with Crippen LogP contribution in [0.4, 0.5) is 5.69 Å². The smallest absolute Gasteiger partial charge is 0.234 e. The number of nitrogens with zero attached hydrogens (tertiary/aromatic N) is 3. The van der Waals surface area contributed by atoms with E-state index in [1.54, 1.807) is 0 Å². The van der Waals surface area contributed by atoms with E-state index >= 15 is 0 Å². The van der Waals surface area contributed by atoms with E-state index in [1.807, 2.05) is 35.8 Å². The van der Waals surface area contributed by atoms with E-state index in [9.17, 15) is 4.79 Å². The van der Waals surface area contributed by atoms with Crippen molar-refractivity contribution in [3.8, 4) is 0 Å². The first-order valence-electron chi connectivity index (χ1n) is 9.17. The number of nitrogens with one attached hydrogen (secondary N) is 1. The lowest BCUT2D eigenvalue weighted by Gasteiger charge is -2.09. The molecule has 0 atom stereocenters. The quantitative estimate of drug-likeness (QED) is 0.662. The molecule has 0 unspecified atom stereocenters. The topological polar surface area (TPSA) is 59.8 Å². The van der Waals surface area contributed by atoms with Crippen LogP contribution in [0.5, 0.6) is 0 Å². The number of anilines is 1. The second-order valence-corrected chi connectivity index (χ2v) is 7.72. The van der Waals surface area contributed by atoms with Crippen molar-refractivity contribution in [3.63, 3.8) is 0 Å². The summed E-state index contributed by atoms with van der Waals surface area (Å²) in [5.74, 6) is 1.13. The summed E-state index contributed by atoms with van der Waals surface area (Å²) >= 11 is 1.42. The zero-order chi connectivity index (χ0) is 18.6. The number of carbonyl (C=O) groups is 1. The number of hydrogen-bond donors (Lipinski definition) is 1. The van der Waals surface area contributed by atoms with Gasteiger partial charge in [0.15, 0.2) is 5.16 Å². The van der Waals surface area contributed by atoms with E-state index in [0.717, 1.165) is 29.5 Å². The molecule has 1 heterocycles. The van der Waals surface area contributed by atoms with Crippen LogP contribution in [0.15, 0.2) is 53.7 Å². The molecule has 4 rings (SSSR count). The van der Waals surface area contributed by atoms with Gasteiger partial charge in [-0.2, -0.15) is 0 Å². The monoisotopic (exact) mass is 378 g/mol.